The van der Waals surface area contributed by atoms with Crippen molar-refractivity contribution in [2.75, 3.05) is 14.1 Å². The van der Waals surface area contributed by atoms with Gasteiger partial charge in [0.15, 0.2) is 0 Å². The molecule has 0 bridgehead atoms. The fraction of sp³-hybridized carbons (Fsp3) is 0.240. The van der Waals surface area contributed by atoms with E-state index >= 15 is 0 Å². The molecule has 2 nitrogen and oxygen atoms in total. The standard InChI is InChI=1S/C50H45F6NOP2/c1-32(57(2)3)39-30-31-46(60(43-20-10-14-33-12-4-6-16-40(33)43)44-21-11-15-34-13-5-7-17-41(34)44)47(39)48(58)42-18-8-9-19-45(42)59(37-26-22-35(23-27-37)49(51,52)53)38-28-24-36(25-29-38)50(54,55)56/h4-29,32,39,46-48,58H,30-31H2,1-3H3/t32-,39?,46?,47?,48?/m1/s1. The van der Waals surface area contributed by atoms with E-state index < -0.39 is 45.4 Å². The molecule has 60 heavy (non-hydrogen) atoms. The summed E-state index contributed by atoms with van der Waals surface area (Å²) in [6.45, 7) is 2.20. The third-order valence-corrected chi connectivity index (χ3v) is 17.9. The second-order valence-electron chi connectivity index (χ2n) is 15.9. The van der Waals surface area contributed by atoms with Crippen LogP contribution in [0.3, 0.4) is 0 Å². The zero-order valence-corrected chi connectivity index (χ0v) is 35.2. The fourth-order valence-corrected chi connectivity index (χ4v) is 15.2. The topological polar surface area (TPSA) is 23.5 Å². The number of hydrogen-bond acceptors (Lipinski definition) is 2. The van der Waals surface area contributed by atoms with Gasteiger partial charge in [-0.1, -0.05) is 133 Å². The molecule has 10 heteroatoms. The molecular weight excluding hydrogens is 806 g/mol. The van der Waals surface area contributed by atoms with Crippen LogP contribution < -0.4 is 26.5 Å². The quantitative estimate of drug-likeness (QED) is 0.109. The van der Waals surface area contributed by atoms with Crippen molar-refractivity contribution < 1.29 is 31.4 Å². The molecule has 0 radical (unpaired) electrons. The van der Waals surface area contributed by atoms with Crippen LogP contribution in [-0.2, 0) is 12.4 Å². The molecule has 1 aliphatic rings. The molecule has 308 valence electrons. The minimum Gasteiger partial charge on any atom is -0.388 e. The van der Waals surface area contributed by atoms with Gasteiger partial charge in [-0.05, 0) is 139 Å². The van der Waals surface area contributed by atoms with Crippen LogP contribution in [0.25, 0.3) is 21.5 Å². The molecule has 0 aliphatic heterocycles. The molecule has 7 aromatic rings. The first-order valence-corrected chi connectivity index (χ1v) is 22.8. The van der Waals surface area contributed by atoms with Gasteiger partial charge in [-0.15, -0.1) is 0 Å². The normalized spacial score (nSPS) is 18.5. The summed E-state index contributed by atoms with van der Waals surface area (Å²) in [5, 5.41) is 22.2. The van der Waals surface area contributed by atoms with E-state index in [1.165, 1.54) is 45.6 Å². The summed E-state index contributed by atoms with van der Waals surface area (Å²) in [5.74, 6) is -0.198. The van der Waals surface area contributed by atoms with Gasteiger partial charge in [-0.25, -0.2) is 0 Å². The molecule has 1 fully saturated rings. The van der Waals surface area contributed by atoms with Gasteiger partial charge in [0.1, 0.15) is 0 Å². The number of hydrogen-bond donors (Lipinski definition) is 1. The van der Waals surface area contributed by atoms with Crippen LogP contribution >= 0.6 is 15.8 Å². The molecule has 7 aromatic carbocycles. The second-order valence-corrected chi connectivity index (χ2v) is 20.4. The van der Waals surface area contributed by atoms with Gasteiger partial charge in [0.2, 0.25) is 0 Å². The van der Waals surface area contributed by atoms with Crippen LogP contribution in [0.1, 0.15) is 42.6 Å². The molecular formula is C50H45F6NOP2. The average molecular weight is 852 g/mol. The van der Waals surface area contributed by atoms with Crippen molar-refractivity contribution in [1.29, 1.82) is 0 Å². The summed E-state index contributed by atoms with van der Waals surface area (Å²) in [5.41, 5.74) is -0.976. The molecule has 0 saturated heterocycles. The highest BCUT2D eigenvalue weighted by molar-refractivity contribution is 7.80. The van der Waals surface area contributed by atoms with E-state index in [0.717, 1.165) is 47.9 Å². The average Bonchev–Trinajstić information content (AvgIpc) is 3.68. The highest BCUT2D eigenvalue weighted by Gasteiger charge is 2.48. The van der Waals surface area contributed by atoms with Crippen molar-refractivity contribution in [3.63, 3.8) is 0 Å². The molecule has 8 rings (SSSR count). The largest absolute Gasteiger partial charge is 0.416 e. The molecule has 0 aromatic heterocycles. The minimum atomic E-state index is -4.56. The first-order valence-electron chi connectivity index (χ1n) is 20.0. The fourth-order valence-electron chi connectivity index (χ4n) is 9.22. The Kier molecular flexibility index (Phi) is 12.0. The second kappa shape index (κ2) is 17.1. The Morgan fingerprint density at radius 3 is 1.47 bits per heavy atom. The maximum atomic E-state index is 13.8. The third-order valence-electron chi connectivity index (χ3n) is 12.3. The monoisotopic (exact) mass is 851 g/mol. The van der Waals surface area contributed by atoms with E-state index in [9.17, 15) is 31.4 Å². The Morgan fingerprint density at radius 2 is 0.983 bits per heavy atom. The van der Waals surface area contributed by atoms with Crippen LogP contribution in [0, 0.1) is 11.8 Å². The molecule has 5 atom stereocenters. The predicted octanol–water partition coefficient (Wildman–Crippen LogP) is 11.3. The van der Waals surface area contributed by atoms with Crippen LogP contribution in [-0.4, -0.2) is 35.8 Å². The number of nitrogens with zero attached hydrogens (tertiary/aromatic N) is 1. The van der Waals surface area contributed by atoms with Crippen molar-refractivity contribution in [2.45, 2.75) is 49.9 Å². The van der Waals surface area contributed by atoms with Crippen molar-refractivity contribution in [2.24, 2.45) is 11.8 Å². The minimum absolute atomic E-state index is 0.00966. The Morgan fingerprint density at radius 1 is 0.550 bits per heavy atom. The van der Waals surface area contributed by atoms with Crippen LogP contribution in [0.15, 0.2) is 158 Å². The third kappa shape index (κ3) is 8.25. The maximum absolute atomic E-state index is 13.8. The van der Waals surface area contributed by atoms with E-state index in [1.807, 2.05) is 36.4 Å². The van der Waals surface area contributed by atoms with Gasteiger partial charge in [0.25, 0.3) is 0 Å². The summed E-state index contributed by atoms with van der Waals surface area (Å²) in [4.78, 5) is 2.20. The lowest BCUT2D eigenvalue weighted by atomic mass is 9.82. The molecule has 1 aliphatic carbocycles. The molecule has 0 heterocycles. The molecule has 1 N–H and O–H groups in total. The van der Waals surface area contributed by atoms with E-state index in [0.29, 0.717) is 21.5 Å². The molecule has 0 spiro atoms. The number of aliphatic hydroxyl groups is 1. The van der Waals surface area contributed by atoms with Gasteiger partial charge in [0.05, 0.1) is 17.2 Å². The van der Waals surface area contributed by atoms with Crippen molar-refractivity contribution in [3.05, 3.63) is 174 Å². The van der Waals surface area contributed by atoms with Crippen molar-refractivity contribution in [3.8, 4) is 0 Å². The van der Waals surface area contributed by atoms with Crippen LogP contribution in [0.5, 0.6) is 0 Å². The van der Waals surface area contributed by atoms with E-state index in [1.54, 1.807) is 0 Å². The SMILES string of the molecule is C[C@H](C1CCC(P(c2cccc3ccccc23)c2cccc3ccccc23)C1C(O)c1ccccc1P(c1ccc(C(F)(F)F)cc1)c1ccc(C(F)(F)F)cc1)N(C)C. The Hall–Kier alpha value is -4.58. The Bertz CT molecular complexity index is 2440. The van der Waals surface area contributed by atoms with Gasteiger partial charge < -0.3 is 10.0 Å². The smallest absolute Gasteiger partial charge is 0.388 e. The highest BCUT2D eigenvalue weighted by atomic mass is 31.1. The first-order chi connectivity index (χ1) is 28.7. The lowest BCUT2D eigenvalue weighted by Crippen LogP contribution is -2.40. The highest BCUT2D eigenvalue weighted by Crippen LogP contribution is 2.58. The molecule has 4 unspecified atom stereocenters. The molecule has 0 amide bonds. The van der Waals surface area contributed by atoms with Crippen molar-refractivity contribution in [1.82, 2.24) is 4.90 Å². The molecule has 1 saturated carbocycles. The number of aliphatic hydroxyl groups excluding tert-OH is 1. The number of benzene rings is 7. The summed E-state index contributed by atoms with van der Waals surface area (Å²) in [6.07, 6.45) is -8.41. The van der Waals surface area contributed by atoms with E-state index in [-0.39, 0.29) is 23.5 Å². The number of fused-ring (bicyclic) bond motifs is 2. The van der Waals surface area contributed by atoms with Gasteiger partial charge >= 0.3 is 12.4 Å². The van der Waals surface area contributed by atoms with Gasteiger partial charge in [-0.3, -0.25) is 0 Å². The first kappa shape index (κ1) is 42.1. The van der Waals surface area contributed by atoms with Gasteiger partial charge in [-0.2, -0.15) is 26.3 Å². The number of halogens is 6. The van der Waals surface area contributed by atoms with E-state index in [4.69, 9.17) is 0 Å². The number of alkyl halides is 6. The van der Waals surface area contributed by atoms with Gasteiger partial charge in [0, 0.05) is 12.0 Å². The van der Waals surface area contributed by atoms with E-state index in [2.05, 4.69) is 98.7 Å². The summed E-state index contributed by atoms with van der Waals surface area (Å²) >= 11 is 0. The number of rotatable bonds is 10. The summed E-state index contributed by atoms with van der Waals surface area (Å²) in [6, 6.07) is 47.2. The van der Waals surface area contributed by atoms with Crippen LogP contribution in [0.2, 0.25) is 0 Å². The Balaban J connectivity index is 1.32. The predicted molar refractivity (Wildman–Crippen MR) is 237 cm³/mol. The van der Waals surface area contributed by atoms with Crippen molar-refractivity contribution >= 4 is 63.9 Å². The Labute approximate surface area is 349 Å². The zero-order chi connectivity index (χ0) is 42.3. The lowest BCUT2D eigenvalue weighted by Gasteiger charge is -2.40. The van der Waals surface area contributed by atoms with Crippen LogP contribution in [0.4, 0.5) is 26.3 Å². The zero-order valence-electron chi connectivity index (χ0n) is 33.4. The maximum Gasteiger partial charge on any atom is 0.416 e. The summed E-state index contributed by atoms with van der Waals surface area (Å²) < 4.78 is 82.8. The summed E-state index contributed by atoms with van der Waals surface area (Å²) in [7, 11) is 1.29. The lowest BCUT2D eigenvalue weighted by molar-refractivity contribution is -0.138.